The van der Waals surface area contributed by atoms with Crippen molar-refractivity contribution >= 4 is 0 Å². The van der Waals surface area contributed by atoms with Gasteiger partial charge in [-0.05, 0) is 46.2 Å². The molecule has 4 heteroatoms. The van der Waals surface area contributed by atoms with Gasteiger partial charge in [-0.2, -0.15) is 0 Å². The van der Waals surface area contributed by atoms with Crippen LogP contribution in [0.2, 0.25) is 0 Å². The summed E-state index contributed by atoms with van der Waals surface area (Å²) in [5.74, 6) is 0.217. The molecule has 156 valence electrons. The van der Waals surface area contributed by atoms with E-state index in [1.807, 2.05) is 18.2 Å². The molecule has 28 heavy (non-hydrogen) atoms. The van der Waals surface area contributed by atoms with Gasteiger partial charge >= 0.3 is 0 Å². The zero-order valence-electron chi connectivity index (χ0n) is 17.7. The van der Waals surface area contributed by atoms with Crippen LogP contribution in [-0.2, 0) is 18.6 Å². The number of aromatic hydroxyl groups is 1. The molecule has 0 aromatic heterocycles. The van der Waals surface area contributed by atoms with Crippen molar-refractivity contribution in [3.05, 3.63) is 53.1 Å². The van der Waals surface area contributed by atoms with E-state index >= 15 is 0 Å². The van der Waals surface area contributed by atoms with E-state index in [-0.39, 0.29) is 24.4 Å². The maximum absolute atomic E-state index is 10.7. The van der Waals surface area contributed by atoms with Crippen LogP contribution in [0.4, 0.5) is 0 Å². The van der Waals surface area contributed by atoms with Crippen LogP contribution in [-0.4, -0.2) is 27.5 Å². The van der Waals surface area contributed by atoms with Gasteiger partial charge in [0, 0.05) is 12.7 Å². The second kappa shape index (κ2) is 11.8. The van der Waals surface area contributed by atoms with Gasteiger partial charge in [-0.1, -0.05) is 70.7 Å². The summed E-state index contributed by atoms with van der Waals surface area (Å²) in [6, 6.07) is 11.3. The van der Waals surface area contributed by atoms with E-state index in [9.17, 15) is 15.3 Å². The third kappa shape index (κ3) is 6.33. The van der Waals surface area contributed by atoms with Crippen molar-refractivity contribution in [2.75, 3.05) is 7.11 Å². The molecule has 0 spiro atoms. The molecule has 0 heterocycles. The molecule has 0 radical (unpaired) electrons. The fourth-order valence-corrected chi connectivity index (χ4v) is 3.43. The highest BCUT2D eigenvalue weighted by Crippen LogP contribution is 2.38. The summed E-state index contributed by atoms with van der Waals surface area (Å²) < 4.78 is 0. The predicted octanol–water partition coefficient (Wildman–Crippen LogP) is 4.90. The van der Waals surface area contributed by atoms with E-state index in [1.165, 1.54) is 25.7 Å². The van der Waals surface area contributed by atoms with E-state index in [1.54, 1.807) is 12.1 Å². The van der Waals surface area contributed by atoms with E-state index in [4.69, 9.17) is 5.11 Å². The molecule has 0 aliphatic carbocycles. The summed E-state index contributed by atoms with van der Waals surface area (Å²) >= 11 is 0. The Balaban J connectivity index is 0.00000190. The molecular weight excluding hydrogens is 352 g/mol. The Bertz CT molecular complexity index is 723. The van der Waals surface area contributed by atoms with Gasteiger partial charge < -0.3 is 20.4 Å². The van der Waals surface area contributed by atoms with Gasteiger partial charge in [-0.25, -0.2) is 0 Å². The monoisotopic (exact) mass is 388 g/mol. The van der Waals surface area contributed by atoms with Crippen LogP contribution in [0, 0.1) is 0 Å². The van der Waals surface area contributed by atoms with Gasteiger partial charge in [0.2, 0.25) is 0 Å². The van der Waals surface area contributed by atoms with Gasteiger partial charge in [0.05, 0.1) is 13.2 Å². The summed E-state index contributed by atoms with van der Waals surface area (Å²) in [6.45, 7) is 6.49. The number of benzene rings is 2. The van der Waals surface area contributed by atoms with Crippen molar-refractivity contribution in [3.8, 4) is 16.9 Å². The minimum atomic E-state index is -0.106. The van der Waals surface area contributed by atoms with Crippen LogP contribution in [0.3, 0.4) is 0 Å². The number of hydrogen-bond donors (Lipinski definition) is 4. The molecule has 0 aliphatic rings. The number of aliphatic hydroxyl groups is 3. The Labute approximate surface area is 169 Å². The van der Waals surface area contributed by atoms with Crippen molar-refractivity contribution in [1.29, 1.82) is 0 Å². The van der Waals surface area contributed by atoms with Crippen LogP contribution in [0.1, 0.15) is 69.6 Å². The molecule has 2 aromatic carbocycles. The number of phenolic OH excluding ortho intramolecular Hbond substituents is 1. The van der Waals surface area contributed by atoms with E-state index < -0.39 is 0 Å². The molecule has 0 unspecified atom stereocenters. The Morgan fingerprint density at radius 3 is 2.11 bits per heavy atom. The van der Waals surface area contributed by atoms with Gasteiger partial charge in [-0.15, -0.1) is 0 Å². The molecule has 2 rings (SSSR count). The lowest BCUT2D eigenvalue weighted by molar-refractivity contribution is 0.278. The fraction of sp³-hybridized carbons (Fsp3) is 0.500. The average Bonchev–Trinajstić information content (AvgIpc) is 2.72. The number of rotatable bonds is 9. The van der Waals surface area contributed by atoms with E-state index in [0.29, 0.717) is 5.56 Å². The first-order valence-electron chi connectivity index (χ1n) is 10.0. The van der Waals surface area contributed by atoms with Gasteiger partial charge in [-0.3, -0.25) is 0 Å². The highest BCUT2D eigenvalue weighted by Gasteiger charge is 2.22. The second-order valence-corrected chi connectivity index (χ2v) is 7.73. The molecular formula is C24H36O4. The lowest BCUT2D eigenvalue weighted by Gasteiger charge is -2.26. The number of hydrogen-bond acceptors (Lipinski definition) is 4. The molecule has 4 nitrogen and oxygen atoms in total. The standard InChI is InChI=1S/C23H32O3.CH4O/c1-4-5-6-7-12-23(2,3)19-10-11-20(22(26)14-19)21-13-17(15-24)8-9-18(21)16-25;1-2/h8-11,13-14,24-26H,4-7,12,15-16H2,1-3H3;2H,1H3. The topological polar surface area (TPSA) is 80.9 Å². The van der Waals surface area contributed by atoms with Crippen LogP contribution in [0.25, 0.3) is 11.1 Å². The predicted molar refractivity (Wildman–Crippen MR) is 115 cm³/mol. The Morgan fingerprint density at radius 1 is 0.821 bits per heavy atom. The molecule has 2 aromatic rings. The van der Waals surface area contributed by atoms with Gasteiger partial charge in [0.25, 0.3) is 0 Å². The second-order valence-electron chi connectivity index (χ2n) is 7.73. The lowest BCUT2D eigenvalue weighted by atomic mass is 9.79. The zero-order chi connectivity index (χ0) is 21.2. The van der Waals surface area contributed by atoms with Crippen LogP contribution in [0.15, 0.2) is 36.4 Å². The summed E-state index contributed by atoms with van der Waals surface area (Å²) in [4.78, 5) is 0. The first kappa shape index (κ1) is 24.2. The highest BCUT2D eigenvalue weighted by molar-refractivity contribution is 5.74. The summed E-state index contributed by atoms with van der Waals surface area (Å²) in [5.41, 5.74) is 4.09. The molecule has 0 atom stereocenters. The van der Waals surface area contributed by atoms with Gasteiger partial charge in [0.1, 0.15) is 5.75 Å². The smallest absolute Gasteiger partial charge is 0.123 e. The minimum Gasteiger partial charge on any atom is -0.507 e. The van der Waals surface area contributed by atoms with E-state index in [0.717, 1.165) is 35.8 Å². The molecule has 0 aliphatic heterocycles. The minimum absolute atomic E-state index is 0.0104. The molecule has 0 amide bonds. The fourth-order valence-electron chi connectivity index (χ4n) is 3.43. The van der Waals surface area contributed by atoms with Crippen LogP contribution in [0.5, 0.6) is 5.75 Å². The third-order valence-corrected chi connectivity index (χ3v) is 5.25. The lowest BCUT2D eigenvalue weighted by Crippen LogP contribution is -2.16. The quantitative estimate of drug-likeness (QED) is 0.461. The maximum atomic E-state index is 10.7. The van der Waals surface area contributed by atoms with Gasteiger partial charge in [0.15, 0.2) is 0 Å². The number of unbranched alkanes of at least 4 members (excludes halogenated alkanes) is 3. The van der Waals surface area contributed by atoms with Crippen molar-refractivity contribution in [2.45, 2.75) is 71.5 Å². The Hall–Kier alpha value is -1.88. The van der Waals surface area contributed by atoms with Crippen LogP contribution >= 0.6 is 0 Å². The Morgan fingerprint density at radius 2 is 1.54 bits per heavy atom. The molecule has 0 saturated heterocycles. The molecule has 0 bridgehead atoms. The highest BCUT2D eigenvalue weighted by atomic mass is 16.3. The molecule has 0 fully saturated rings. The van der Waals surface area contributed by atoms with E-state index in [2.05, 4.69) is 26.8 Å². The normalized spacial score (nSPS) is 11.1. The summed E-state index contributed by atoms with van der Waals surface area (Å²) in [6.07, 6.45) is 6.03. The third-order valence-electron chi connectivity index (χ3n) is 5.25. The number of aliphatic hydroxyl groups excluding tert-OH is 3. The largest absolute Gasteiger partial charge is 0.507 e. The average molecular weight is 389 g/mol. The van der Waals surface area contributed by atoms with Crippen molar-refractivity contribution in [2.24, 2.45) is 0 Å². The first-order chi connectivity index (χ1) is 13.4. The van der Waals surface area contributed by atoms with Crippen molar-refractivity contribution in [3.63, 3.8) is 0 Å². The SMILES string of the molecule is CCCCCCC(C)(C)c1ccc(-c2cc(CO)ccc2CO)c(O)c1.CO. The Kier molecular flexibility index (Phi) is 10.2. The summed E-state index contributed by atoms with van der Waals surface area (Å²) in [5, 5.41) is 36.7. The van der Waals surface area contributed by atoms with Crippen LogP contribution < -0.4 is 0 Å². The first-order valence-corrected chi connectivity index (χ1v) is 10.0. The summed E-state index contributed by atoms with van der Waals surface area (Å²) in [7, 11) is 1.00. The van der Waals surface area contributed by atoms with Crippen molar-refractivity contribution < 1.29 is 20.4 Å². The number of phenols is 1. The maximum Gasteiger partial charge on any atom is 0.123 e. The zero-order valence-corrected chi connectivity index (χ0v) is 17.7. The molecule has 0 saturated carbocycles. The van der Waals surface area contributed by atoms with Crippen molar-refractivity contribution in [1.82, 2.24) is 0 Å². The molecule has 4 N–H and O–H groups in total.